The summed E-state index contributed by atoms with van der Waals surface area (Å²) in [6, 6.07) is 12.4. The molecule has 4 rings (SSSR count). The highest BCUT2D eigenvalue weighted by Gasteiger charge is 2.33. The first-order valence-corrected chi connectivity index (χ1v) is 10.5. The highest BCUT2D eigenvalue weighted by molar-refractivity contribution is 7.10. The summed E-state index contributed by atoms with van der Waals surface area (Å²) in [6.07, 6.45) is 0.921. The van der Waals surface area contributed by atoms with E-state index >= 15 is 0 Å². The molecule has 1 atom stereocenters. The van der Waals surface area contributed by atoms with Crippen LogP contribution in [0, 0.1) is 13.8 Å². The first kappa shape index (κ1) is 17.3. The summed E-state index contributed by atoms with van der Waals surface area (Å²) in [6.45, 7) is 4.89. The third kappa shape index (κ3) is 3.41. The summed E-state index contributed by atoms with van der Waals surface area (Å²) >= 11 is 3.49. The molecule has 0 N–H and O–H groups in total. The van der Waals surface area contributed by atoms with Crippen LogP contribution in [0.25, 0.3) is 0 Å². The highest BCUT2D eigenvalue weighted by atomic mass is 32.1. The number of hydrogen-bond donors (Lipinski definition) is 0. The molecule has 0 spiro atoms. The maximum atomic E-state index is 13.0. The molecule has 3 nitrogen and oxygen atoms in total. The molecule has 0 aliphatic carbocycles. The monoisotopic (exact) mass is 383 g/mol. The Kier molecular flexibility index (Phi) is 4.83. The SMILES string of the molecule is Cc1cc(C)cc(OCC(=O)N2CCc3sccc3[C@@H]2c2cccs2)c1. The minimum atomic E-state index is 0.0142. The number of thiophene rings is 2. The van der Waals surface area contributed by atoms with Gasteiger partial charge in [0.15, 0.2) is 6.61 Å². The smallest absolute Gasteiger partial charge is 0.261 e. The van der Waals surface area contributed by atoms with E-state index in [-0.39, 0.29) is 18.6 Å². The molecule has 3 heterocycles. The molecule has 0 fully saturated rings. The van der Waals surface area contributed by atoms with Gasteiger partial charge in [0.25, 0.3) is 5.91 Å². The first-order chi connectivity index (χ1) is 12.6. The summed E-state index contributed by atoms with van der Waals surface area (Å²) in [7, 11) is 0. The average Bonchev–Trinajstić information content (AvgIpc) is 3.29. The van der Waals surface area contributed by atoms with Gasteiger partial charge < -0.3 is 9.64 Å². The molecule has 1 aromatic carbocycles. The summed E-state index contributed by atoms with van der Waals surface area (Å²) in [5.41, 5.74) is 3.55. The van der Waals surface area contributed by atoms with Gasteiger partial charge in [0.05, 0.1) is 6.04 Å². The predicted molar refractivity (Wildman–Crippen MR) is 107 cm³/mol. The van der Waals surface area contributed by atoms with Crippen LogP contribution in [0.5, 0.6) is 5.75 Å². The van der Waals surface area contributed by atoms with Crippen LogP contribution in [-0.4, -0.2) is 24.0 Å². The van der Waals surface area contributed by atoms with Gasteiger partial charge in [0.1, 0.15) is 5.75 Å². The third-order valence-corrected chi connectivity index (χ3v) is 6.58. The standard InChI is InChI=1S/C21H21NO2S2/c1-14-10-15(2)12-16(11-14)24-13-20(23)22-7-5-18-17(6-9-26-18)21(22)19-4-3-8-25-19/h3-4,6,8-12,21H,5,7,13H2,1-2H3/t21-/m1/s1. The minimum absolute atomic E-state index is 0.0142. The molecule has 134 valence electrons. The van der Waals surface area contributed by atoms with Crippen molar-refractivity contribution in [2.75, 3.05) is 13.2 Å². The normalized spacial score (nSPS) is 16.4. The Labute approximate surface area is 161 Å². The predicted octanol–water partition coefficient (Wildman–Crippen LogP) is 4.98. The van der Waals surface area contributed by atoms with Gasteiger partial charge in [-0.05, 0) is 72.0 Å². The maximum absolute atomic E-state index is 13.0. The van der Waals surface area contributed by atoms with Crippen LogP contribution >= 0.6 is 22.7 Å². The number of aryl methyl sites for hydroxylation is 2. The molecule has 26 heavy (non-hydrogen) atoms. The molecule has 0 saturated heterocycles. The van der Waals surface area contributed by atoms with Crippen molar-refractivity contribution < 1.29 is 9.53 Å². The fraction of sp³-hybridized carbons (Fsp3) is 0.286. The number of benzene rings is 1. The lowest BCUT2D eigenvalue weighted by Crippen LogP contribution is -2.42. The summed E-state index contributed by atoms with van der Waals surface area (Å²) in [4.78, 5) is 17.6. The molecular weight excluding hydrogens is 362 g/mol. The Balaban J connectivity index is 1.54. The van der Waals surface area contributed by atoms with Gasteiger partial charge in [0, 0.05) is 16.3 Å². The van der Waals surface area contributed by atoms with Gasteiger partial charge in [-0.1, -0.05) is 12.1 Å². The zero-order valence-corrected chi connectivity index (χ0v) is 16.5. The Bertz CT molecular complexity index is 894. The van der Waals surface area contributed by atoms with Gasteiger partial charge in [-0.2, -0.15) is 0 Å². The van der Waals surface area contributed by atoms with Crippen molar-refractivity contribution in [2.24, 2.45) is 0 Å². The lowest BCUT2D eigenvalue weighted by atomic mass is 9.98. The van der Waals surface area contributed by atoms with E-state index in [1.54, 1.807) is 22.7 Å². The third-order valence-electron chi connectivity index (χ3n) is 4.66. The van der Waals surface area contributed by atoms with E-state index in [0.29, 0.717) is 0 Å². The number of rotatable bonds is 4. The molecule has 0 saturated carbocycles. The summed E-state index contributed by atoms with van der Waals surface area (Å²) in [5, 5.41) is 4.20. The van der Waals surface area contributed by atoms with Gasteiger partial charge in [0.2, 0.25) is 0 Å². The molecule has 0 unspecified atom stereocenters. The topological polar surface area (TPSA) is 29.5 Å². The zero-order chi connectivity index (χ0) is 18.1. The molecule has 0 radical (unpaired) electrons. The second-order valence-electron chi connectivity index (χ2n) is 6.67. The Hall–Kier alpha value is -2.11. The van der Waals surface area contributed by atoms with E-state index in [1.165, 1.54) is 15.3 Å². The van der Waals surface area contributed by atoms with E-state index in [1.807, 2.05) is 30.9 Å². The number of carbonyl (C=O) groups excluding carboxylic acids is 1. The summed E-state index contributed by atoms with van der Waals surface area (Å²) in [5.74, 6) is 0.802. The van der Waals surface area contributed by atoms with Crippen LogP contribution in [-0.2, 0) is 11.2 Å². The molecule has 1 aliphatic rings. The molecule has 0 bridgehead atoms. The van der Waals surface area contributed by atoms with E-state index in [0.717, 1.165) is 29.8 Å². The van der Waals surface area contributed by atoms with Crippen LogP contribution in [0.2, 0.25) is 0 Å². The number of fused-ring (bicyclic) bond motifs is 1. The van der Waals surface area contributed by atoms with Gasteiger partial charge in [-0.15, -0.1) is 22.7 Å². The Morgan fingerprint density at radius 1 is 1.15 bits per heavy atom. The molecule has 3 aromatic rings. The van der Waals surface area contributed by atoms with Crippen molar-refractivity contribution in [3.05, 3.63) is 73.6 Å². The maximum Gasteiger partial charge on any atom is 0.261 e. The second kappa shape index (κ2) is 7.25. The number of nitrogens with zero attached hydrogens (tertiary/aromatic N) is 1. The quantitative estimate of drug-likeness (QED) is 0.636. The highest BCUT2D eigenvalue weighted by Crippen LogP contribution is 2.39. The largest absolute Gasteiger partial charge is 0.484 e. The Morgan fingerprint density at radius 3 is 2.69 bits per heavy atom. The number of hydrogen-bond acceptors (Lipinski definition) is 4. The number of ether oxygens (including phenoxy) is 1. The molecule has 1 aliphatic heterocycles. The van der Waals surface area contributed by atoms with E-state index in [9.17, 15) is 4.79 Å². The van der Waals surface area contributed by atoms with E-state index in [4.69, 9.17) is 4.74 Å². The lowest BCUT2D eigenvalue weighted by Gasteiger charge is -2.35. The van der Waals surface area contributed by atoms with Crippen molar-refractivity contribution in [1.82, 2.24) is 4.90 Å². The lowest BCUT2D eigenvalue weighted by molar-refractivity contribution is -0.135. The average molecular weight is 384 g/mol. The zero-order valence-electron chi connectivity index (χ0n) is 14.9. The van der Waals surface area contributed by atoms with Crippen LogP contribution in [0.3, 0.4) is 0 Å². The molecule has 2 aromatic heterocycles. The number of amides is 1. The van der Waals surface area contributed by atoms with Crippen molar-refractivity contribution in [1.29, 1.82) is 0 Å². The van der Waals surface area contributed by atoms with Gasteiger partial charge >= 0.3 is 0 Å². The summed E-state index contributed by atoms with van der Waals surface area (Å²) < 4.78 is 5.83. The number of carbonyl (C=O) groups is 1. The van der Waals surface area contributed by atoms with Crippen molar-refractivity contribution in [3.8, 4) is 5.75 Å². The van der Waals surface area contributed by atoms with Crippen LogP contribution in [0.1, 0.15) is 32.5 Å². The minimum Gasteiger partial charge on any atom is -0.484 e. The van der Waals surface area contributed by atoms with Crippen LogP contribution in [0.15, 0.2) is 47.2 Å². The fourth-order valence-corrected chi connectivity index (χ4v) is 5.34. The molecular formula is C21H21NO2S2. The van der Waals surface area contributed by atoms with Gasteiger partial charge in [-0.3, -0.25) is 4.79 Å². The van der Waals surface area contributed by atoms with Crippen LogP contribution in [0.4, 0.5) is 0 Å². The second-order valence-corrected chi connectivity index (χ2v) is 8.65. The molecule has 1 amide bonds. The van der Waals surface area contributed by atoms with E-state index < -0.39 is 0 Å². The Morgan fingerprint density at radius 2 is 1.96 bits per heavy atom. The fourth-order valence-electron chi connectivity index (χ4n) is 3.58. The molecule has 5 heteroatoms. The van der Waals surface area contributed by atoms with E-state index in [2.05, 4.69) is 35.0 Å². The first-order valence-electron chi connectivity index (χ1n) is 8.72. The van der Waals surface area contributed by atoms with Gasteiger partial charge in [-0.25, -0.2) is 0 Å². The van der Waals surface area contributed by atoms with Crippen molar-refractivity contribution in [3.63, 3.8) is 0 Å². The van der Waals surface area contributed by atoms with Crippen LogP contribution < -0.4 is 4.74 Å². The van der Waals surface area contributed by atoms with Crippen molar-refractivity contribution in [2.45, 2.75) is 26.3 Å². The van der Waals surface area contributed by atoms with Crippen molar-refractivity contribution >= 4 is 28.6 Å².